The van der Waals surface area contributed by atoms with E-state index in [1.807, 2.05) is 20.8 Å². The molecule has 0 fully saturated rings. The highest BCUT2D eigenvalue weighted by molar-refractivity contribution is 9.10. The summed E-state index contributed by atoms with van der Waals surface area (Å²) >= 11 is 3.52. The van der Waals surface area contributed by atoms with Crippen molar-refractivity contribution in [2.24, 2.45) is 0 Å². The second-order valence-electron chi connectivity index (χ2n) is 7.66. The summed E-state index contributed by atoms with van der Waals surface area (Å²) in [4.78, 5) is 13.9. The number of ether oxygens (including phenoxy) is 1. The normalized spacial score (nSPS) is 17.9. The number of fused-ring (bicyclic) bond motifs is 1. The fourth-order valence-electron chi connectivity index (χ4n) is 3.07. The lowest BCUT2D eigenvalue weighted by molar-refractivity contribution is 0.0163. The molecule has 2 rings (SSSR count). The SMILES string of the molecule is CC(O)CN(CCNC1CCc2cc(Br)ccc21)C(=O)OC(C)(C)C. The molecule has 2 unspecified atom stereocenters. The largest absolute Gasteiger partial charge is 0.444 e. The maximum Gasteiger partial charge on any atom is 0.410 e. The van der Waals surface area contributed by atoms with Crippen LogP contribution in [-0.2, 0) is 11.2 Å². The van der Waals surface area contributed by atoms with Gasteiger partial charge in [0, 0.05) is 30.1 Å². The maximum absolute atomic E-state index is 12.3. The molecule has 0 saturated carbocycles. The van der Waals surface area contributed by atoms with Gasteiger partial charge in [-0.05, 0) is 63.8 Å². The molecule has 0 aliphatic heterocycles. The summed E-state index contributed by atoms with van der Waals surface area (Å²) in [6.45, 7) is 8.64. The van der Waals surface area contributed by atoms with Crippen molar-refractivity contribution in [2.75, 3.05) is 19.6 Å². The summed E-state index contributed by atoms with van der Waals surface area (Å²) in [6.07, 6.45) is 1.16. The Balaban J connectivity index is 1.90. The lowest BCUT2D eigenvalue weighted by Crippen LogP contribution is -2.43. The molecule has 1 aliphatic carbocycles. The monoisotopic (exact) mass is 412 g/mol. The Bertz CT molecular complexity index is 599. The second kappa shape index (κ2) is 8.52. The first-order valence-corrected chi connectivity index (χ1v) is 9.62. The molecule has 25 heavy (non-hydrogen) atoms. The van der Waals surface area contributed by atoms with E-state index in [9.17, 15) is 9.90 Å². The molecule has 1 aliphatic rings. The van der Waals surface area contributed by atoms with E-state index in [2.05, 4.69) is 39.4 Å². The van der Waals surface area contributed by atoms with Gasteiger partial charge in [-0.1, -0.05) is 22.0 Å². The van der Waals surface area contributed by atoms with Crippen LogP contribution in [0.3, 0.4) is 0 Å². The van der Waals surface area contributed by atoms with Crippen LogP contribution in [0, 0.1) is 0 Å². The first kappa shape index (κ1) is 20.2. The smallest absolute Gasteiger partial charge is 0.410 e. The van der Waals surface area contributed by atoms with Gasteiger partial charge in [0.25, 0.3) is 0 Å². The minimum absolute atomic E-state index is 0.269. The molecule has 1 aromatic carbocycles. The highest BCUT2D eigenvalue weighted by Crippen LogP contribution is 2.32. The van der Waals surface area contributed by atoms with Crippen LogP contribution in [0.4, 0.5) is 4.79 Å². The molecule has 0 spiro atoms. The highest BCUT2D eigenvalue weighted by atomic mass is 79.9. The van der Waals surface area contributed by atoms with Crippen LogP contribution >= 0.6 is 15.9 Å². The van der Waals surface area contributed by atoms with Gasteiger partial charge in [0.1, 0.15) is 5.60 Å². The molecule has 2 atom stereocenters. The van der Waals surface area contributed by atoms with Gasteiger partial charge < -0.3 is 20.1 Å². The van der Waals surface area contributed by atoms with Crippen molar-refractivity contribution in [3.8, 4) is 0 Å². The maximum atomic E-state index is 12.3. The Labute approximate surface area is 158 Å². The van der Waals surface area contributed by atoms with Crippen molar-refractivity contribution < 1.29 is 14.6 Å². The van der Waals surface area contributed by atoms with Gasteiger partial charge in [-0.3, -0.25) is 0 Å². The van der Waals surface area contributed by atoms with Crippen molar-refractivity contribution in [1.29, 1.82) is 0 Å². The first-order valence-electron chi connectivity index (χ1n) is 8.83. The zero-order chi connectivity index (χ0) is 18.6. The Morgan fingerprint density at radius 2 is 2.20 bits per heavy atom. The van der Waals surface area contributed by atoms with Gasteiger partial charge in [-0.2, -0.15) is 0 Å². The zero-order valence-corrected chi connectivity index (χ0v) is 17.1. The number of carbonyl (C=O) groups excluding carboxylic acids is 1. The summed E-state index contributed by atoms with van der Waals surface area (Å²) in [5, 5.41) is 13.2. The highest BCUT2D eigenvalue weighted by Gasteiger charge is 2.25. The Kier molecular flexibility index (Phi) is 6.88. The number of nitrogens with one attached hydrogen (secondary N) is 1. The lowest BCUT2D eigenvalue weighted by atomic mass is 10.1. The van der Waals surface area contributed by atoms with Crippen LogP contribution in [0.2, 0.25) is 0 Å². The molecule has 0 saturated heterocycles. The predicted octanol–water partition coefficient (Wildman–Crippen LogP) is 3.64. The Morgan fingerprint density at radius 1 is 1.48 bits per heavy atom. The Hall–Kier alpha value is -1.11. The molecule has 1 amide bonds. The number of halogens is 1. The molecule has 0 bridgehead atoms. The quantitative estimate of drug-likeness (QED) is 0.748. The third kappa shape index (κ3) is 6.28. The molecule has 0 heterocycles. The number of aliphatic hydroxyl groups excluding tert-OH is 1. The van der Waals surface area contributed by atoms with Gasteiger partial charge >= 0.3 is 6.09 Å². The van der Waals surface area contributed by atoms with Gasteiger partial charge in [0.05, 0.1) is 6.10 Å². The molecular weight excluding hydrogens is 384 g/mol. The van der Waals surface area contributed by atoms with Crippen LogP contribution in [0.25, 0.3) is 0 Å². The molecule has 0 radical (unpaired) electrons. The second-order valence-corrected chi connectivity index (χ2v) is 8.58. The van der Waals surface area contributed by atoms with Crippen LogP contribution in [0.1, 0.15) is 51.3 Å². The molecule has 5 nitrogen and oxygen atoms in total. The number of benzene rings is 1. The van der Waals surface area contributed by atoms with Gasteiger partial charge in [-0.25, -0.2) is 4.79 Å². The molecular formula is C19H29BrN2O3. The number of carbonyl (C=O) groups is 1. The van der Waals surface area contributed by atoms with Crippen LogP contribution in [0.15, 0.2) is 22.7 Å². The van der Waals surface area contributed by atoms with Crippen molar-refractivity contribution in [3.63, 3.8) is 0 Å². The van der Waals surface area contributed by atoms with E-state index in [-0.39, 0.29) is 12.6 Å². The van der Waals surface area contributed by atoms with E-state index in [1.54, 1.807) is 11.8 Å². The fraction of sp³-hybridized carbons (Fsp3) is 0.632. The summed E-state index contributed by atoms with van der Waals surface area (Å²) in [5.41, 5.74) is 2.17. The molecule has 2 N–H and O–H groups in total. The van der Waals surface area contributed by atoms with Crippen molar-refractivity contribution in [3.05, 3.63) is 33.8 Å². The molecule has 6 heteroatoms. The average Bonchev–Trinajstić information content (AvgIpc) is 2.86. The van der Waals surface area contributed by atoms with Crippen LogP contribution < -0.4 is 5.32 Å². The Morgan fingerprint density at radius 3 is 2.84 bits per heavy atom. The third-order valence-corrected chi connectivity index (χ3v) is 4.58. The number of aliphatic hydroxyl groups is 1. The fourth-order valence-corrected chi connectivity index (χ4v) is 3.48. The summed E-state index contributed by atoms with van der Waals surface area (Å²) in [5.74, 6) is 0. The number of rotatable bonds is 6. The lowest BCUT2D eigenvalue weighted by Gasteiger charge is -2.28. The number of nitrogens with zero attached hydrogens (tertiary/aromatic N) is 1. The summed E-state index contributed by atoms with van der Waals surface area (Å²) < 4.78 is 6.55. The zero-order valence-electron chi connectivity index (χ0n) is 15.5. The van der Waals surface area contributed by atoms with Crippen molar-refractivity contribution >= 4 is 22.0 Å². The number of hydrogen-bond donors (Lipinski definition) is 2. The number of aryl methyl sites for hydroxylation is 1. The van der Waals surface area contributed by atoms with Crippen LogP contribution in [0.5, 0.6) is 0 Å². The molecule has 1 aromatic rings. The predicted molar refractivity (Wildman–Crippen MR) is 103 cm³/mol. The van der Waals surface area contributed by atoms with Gasteiger partial charge in [0.2, 0.25) is 0 Å². The minimum Gasteiger partial charge on any atom is -0.444 e. The van der Waals surface area contributed by atoms with Gasteiger partial charge in [0.15, 0.2) is 0 Å². The number of hydrogen-bond acceptors (Lipinski definition) is 4. The van der Waals surface area contributed by atoms with E-state index < -0.39 is 11.7 Å². The topological polar surface area (TPSA) is 61.8 Å². The van der Waals surface area contributed by atoms with E-state index in [0.717, 1.165) is 17.3 Å². The first-order chi connectivity index (χ1) is 11.7. The van der Waals surface area contributed by atoms with E-state index >= 15 is 0 Å². The number of amides is 1. The van der Waals surface area contributed by atoms with Crippen molar-refractivity contribution in [2.45, 2.75) is 58.3 Å². The van der Waals surface area contributed by atoms with E-state index in [0.29, 0.717) is 19.1 Å². The average molecular weight is 413 g/mol. The van der Waals surface area contributed by atoms with Crippen molar-refractivity contribution in [1.82, 2.24) is 10.2 Å². The standard InChI is InChI=1S/C19H29BrN2O3/c1-13(23)12-22(18(24)25-19(2,3)4)10-9-21-17-8-5-14-11-15(20)6-7-16(14)17/h6-7,11,13,17,21,23H,5,8-10,12H2,1-4H3. The summed E-state index contributed by atoms with van der Waals surface area (Å²) in [6, 6.07) is 6.72. The minimum atomic E-state index is -0.586. The molecule has 140 valence electrons. The van der Waals surface area contributed by atoms with E-state index in [1.165, 1.54) is 11.1 Å². The molecule has 0 aromatic heterocycles. The van der Waals surface area contributed by atoms with Gasteiger partial charge in [-0.15, -0.1) is 0 Å². The third-order valence-electron chi connectivity index (χ3n) is 4.09. The van der Waals surface area contributed by atoms with Crippen LogP contribution in [-0.4, -0.2) is 47.4 Å². The van der Waals surface area contributed by atoms with E-state index in [4.69, 9.17) is 4.74 Å². The summed E-state index contributed by atoms with van der Waals surface area (Å²) in [7, 11) is 0.